The fourth-order valence-electron chi connectivity index (χ4n) is 3.27. The Kier molecular flexibility index (Phi) is 5.06. The second-order valence-electron chi connectivity index (χ2n) is 7.11. The summed E-state index contributed by atoms with van der Waals surface area (Å²) in [7, 11) is 5.53. The summed E-state index contributed by atoms with van der Waals surface area (Å²) in [6, 6.07) is 20.5. The van der Waals surface area contributed by atoms with E-state index in [2.05, 4.69) is 4.98 Å². The number of hydrogen-bond donors (Lipinski definition) is 2. The van der Waals surface area contributed by atoms with Crippen LogP contribution in [0.1, 0.15) is 0 Å². The molecule has 0 bridgehead atoms. The number of aromatic amines is 1. The smallest absolute Gasteiger partial charge is 0.295 e. The molecule has 6 nitrogen and oxygen atoms in total. The number of pyridine rings is 1. The predicted molar refractivity (Wildman–Crippen MR) is 119 cm³/mol. The van der Waals surface area contributed by atoms with Gasteiger partial charge in [0.15, 0.2) is 5.75 Å². The molecule has 3 aromatic carbocycles. The number of anilines is 1. The average molecular weight is 402 g/mol. The SMILES string of the molecule is COc1cccc(Oc2c(O)c3ccc(-c4ccc(N(C)C)cc4)cc3[nH]c2=O)c1. The van der Waals surface area contributed by atoms with E-state index in [1.165, 1.54) is 0 Å². The molecule has 0 saturated heterocycles. The van der Waals surface area contributed by atoms with Crippen molar-refractivity contribution in [3.05, 3.63) is 77.1 Å². The van der Waals surface area contributed by atoms with Gasteiger partial charge in [-0.25, -0.2) is 0 Å². The van der Waals surface area contributed by atoms with Crippen molar-refractivity contribution in [1.82, 2.24) is 4.98 Å². The molecule has 0 saturated carbocycles. The second-order valence-corrected chi connectivity index (χ2v) is 7.11. The zero-order chi connectivity index (χ0) is 21.3. The minimum atomic E-state index is -0.511. The summed E-state index contributed by atoms with van der Waals surface area (Å²) in [6.45, 7) is 0. The topological polar surface area (TPSA) is 74.8 Å². The van der Waals surface area contributed by atoms with Gasteiger partial charge in [-0.05, 0) is 47.5 Å². The molecule has 2 N–H and O–H groups in total. The number of fused-ring (bicyclic) bond motifs is 1. The Morgan fingerprint density at radius 3 is 2.30 bits per heavy atom. The summed E-state index contributed by atoms with van der Waals surface area (Å²) in [5, 5.41) is 11.2. The molecule has 1 heterocycles. The van der Waals surface area contributed by atoms with E-state index >= 15 is 0 Å². The minimum Gasteiger partial charge on any atom is -0.504 e. The van der Waals surface area contributed by atoms with Gasteiger partial charge in [-0.15, -0.1) is 0 Å². The third-order valence-electron chi connectivity index (χ3n) is 4.92. The highest BCUT2D eigenvalue weighted by Crippen LogP contribution is 2.35. The Labute approximate surface area is 173 Å². The summed E-state index contributed by atoms with van der Waals surface area (Å²) in [5.41, 5.74) is 3.07. The van der Waals surface area contributed by atoms with Crippen LogP contribution in [0.15, 0.2) is 71.5 Å². The lowest BCUT2D eigenvalue weighted by molar-refractivity contribution is 0.397. The first-order valence-electron chi connectivity index (χ1n) is 9.45. The zero-order valence-electron chi connectivity index (χ0n) is 17.0. The first kappa shape index (κ1) is 19.4. The van der Waals surface area contributed by atoms with Gasteiger partial charge in [0.05, 0.1) is 12.6 Å². The Balaban J connectivity index is 1.72. The molecule has 30 heavy (non-hydrogen) atoms. The summed E-state index contributed by atoms with van der Waals surface area (Å²) >= 11 is 0. The largest absolute Gasteiger partial charge is 0.504 e. The van der Waals surface area contributed by atoms with Crippen molar-refractivity contribution >= 4 is 16.6 Å². The number of rotatable bonds is 5. The van der Waals surface area contributed by atoms with E-state index in [-0.39, 0.29) is 11.5 Å². The highest BCUT2D eigenvalue weighted by molar-refractivity contribution is 5.90. The monoisotopic (exact) mass is 402 g/mol. The average Bonchev–Trinajstić information content (AvgIpc) is 2.76. The highest BCUT2D eigenvalue weighted by Gasteiger charge is 2.15. The summed E-state index contributed by atoms with van der Waals surface area (Å²) in [6.07, 6.45) is 0. The number of aromatic hydroxyl groups is 1. The van der Waals surface area contributed by atoms with Gasteiger partial charge in [-0.1, -0.05) is 24.3 Å². The van der Waals surface area contributed by atoms with Crippen LogP contribution in [0.5, 0.6) is 23.0 Å². The van der Waals surface area contributed by atoms with Crippen molar-refractivity contribution in [3.8, 4) is 34.1 Å². The van der Waals surface area contributed by atoms with Crippen molar-refractivity contribution < 1.29 is 14.6 Å². The number of aromatic nitrogens is 1. The number of H-pyrrole nitrogens is 1. The molecule has 6 heteroatoms. The molecule has 0 atom stereocenters. The van der Waals surface area contributed by atoms with Gasteiger partial charge in [0.25, 0.3) is 5.56 Å². The molecule has 0 aliphatic carbocycles. The van der Waals surface area contributed by atoms with Gasteiger partial charge in [-0.3, -0.25) is 4.79 Å². The molecule has 1 aromatic heterocycles. The standard InChI is InChI=1S/C24H22N2O4/c1-26(2)17-10-7-15(8-11-17)16-9-12-20-21(13-16)25-24(28)23(22(20)27)30-19-6-4-5-18(14-19)29-3/h4-14H,1-3H3,(H2,25,27,28). The molecule has 4 rings (SSSR count). The molecule has 0 amide bonds. The van der Waals surface area contributed by atoms with Crippen LogP contribution in [-0.4, -0.2) is 31.3 Å². The first-order valence-corrected chi connectivity index (χ1v) is 9.45. The Morgan fingerprint density at radius 2 is 1.60 bits per heavy atom. The van der Waals surface area contributed by atoms with Crippen LogP contribution in [-0.2, 0) is 0 Å². The zero-order valence-corrected chi connectivity index (χ0v) is 17.0. The van der Waals surface area contributed by atoms with Crippen LogP contribution in [0.2, 0.25) is 0 Å². The van der Waals surface area contributed by atoms with Crippen LogP contribution in [0.4, 0.5) is 5.69 Å². The normalized spacial score (nSPS) is 10.8. The van der Waals surface area contributed by atoms with Gasteiger partial charge in [0.1, 0.15) is 11.5 Å². The van der Waals surface area contributed by atoms with E-state index in [9.17, 15) is 9.90 Å². The number of benzene rings is 3. The molecular formula is C24H22N2O4. The highest BCUT2D eigenvalue weighted by atomic mass is 16.5. The van der Waals surface area contributed by atoms with Crippen LogP contribution >= 0.6 is 0 Å². The number of ether oxygens (including phenoxy) is 2. The van der Waals surface area contributed by atoms with Gasteiger partial charge >= 0.3 is 0 Å². The fourth-order valence-corrected chi connectivity index (χ4v) is 3.27. The van der Waals surface area contributed by atoms with E-state index in [1.54, 1.807) is 37.4 Å². The third-order valence-corrected chi connectivity index (χ3v) is 4.92. The van der Waals surface area contributed by atoms with Crippen molar-refractivity contribution in [2.45, 2.75) is 0 Å². The molecule has 152 valence electrons. The van der Waals surface area contributed by atoms with Crippen molar-refractivity contribution in [1.29, 1.82) is 0 Å². The summed E-state index contributed by atoms with van der Waals surface area (Å²) < 4.78 is 10.8. The number of nitrogens with one attached hydrogen (secondary N) is 1. The summed E-state index contributed by atoms with van der Waals surface area (Å²) in [5.74, 6) is 0.631. The van der Waals surface area contributed by atoms with E-state index in [4.69, 9.17) is 9.47 Å². The van der Waals surface area contributed by atoms with Gasteiger partial charge < -0.3 is 24.5 Å². The van der Waals surface area contributed by atoms with E-state index < -0.39 is 5.56 Å². The molecule has 0 spiro atoms. The molecule has 0 fully saturated rings. The first-order chi connectivity index (χ1) is 14.5. The Morgan fingerprint density at radius 1 is 0.900 bits per heavy atom. The fraction of sp³-hybridized carbons (Fsp3) is 0.125. The second kappa shape index (κ2) is 7.83. The lowest BCUT2D eigenvalue weighted by atomic mass is 10.0. The predicted octanol–water partition coefficient (Wildman–Crippen LogP) is 4.77. The Hall–Kier alpha value is -3.93. The van der Waals surface area contributed by atoms with Gasteiger partial charge in [0.2, 0.25) is 5.75 Å². The molecule has 4 aromatic rings. The van der Waals surface area contributed by atoms with Crippen molar-refractivity contribution in [2.75, 3.05) is 26.1 Å². The number of hydrogen-bond acceptors (Lipinski definition) is 5. The van der Waals surface area contributed by atoms with Crippen LogP contribution in [0.3, 0.4) is 0 Å². The summed E-state index contributed by atoms with van der Waals surface area (Å²) in [4.78, 5) is 17.4. The molecule has 0 radical (unpaired) electrons. The maximum absolute atomic E-state index is 12.6. The van der Waals surface area contributed by atoms with Crippen LogP contribution < -0.4 is 19.9 Å². The Bertz CT molecular complexity index is 1260. The van der Waals surface area contributed by atoms with Crippen molar-refractivity contribution in [3.63, 3.8) is 0 Å². The quantitative estimate of drug-likeness (QED) is 0.503. The van der Waals surface area contributed by atoms with E-state index in [0.29, 0.717) is 22.4 Å². The number of methoxy groups -OCH3 is 1. The van der Waals surface area contributed by atoms with Crippen molar-refractivity contribution in [2.24, 2.45) is 0 Å². The van der Waals surface area contributed by atoms with Crippen LogP contribution in [0, 0.1) is 0 Å². The lowest BCUT2D eigenvalue weighted by Gasteiger charge is -2.13. The van der Waals surface area contributed by atoms with Gasteiger partial charge in [0, 0.05) is 31.2 Å². The molecule has 0 aliphatic rings. The number of nitrogens with zero attached hydrogens (tertiary/aromatic N) is 1. The van der Waals surface area contributed by atoms with Gasteiger partial charge in [-0.2, -0.15) is 0 Å². The van der Waals surface area contributed by atoms with E-state index in [1.807, 2.05) is 55.4 Å². The minimum absolute atomic E-state index is 0.154. The van der Waals surface area contributed by atoms with E-state index in [0.717, 1.165) is 16.8 Å². The lowest BCUT2D eigenvalue weighted by Crippen LogP contribution is -2.09. The maximum atomic E-state index is 12.6. The molecule has 0 unspecified atom stereocenters. The van der Waals surface area contributed by atoms with Crippen LogP contribution in [0.25, 0.3) is 22.0 Å². The molecular weight excluding hydrogens is 380 g/mol. The molecule has 0 aliphatic heterocycles. The maximum Gasteiger partial charge on any atom is 0.295 e. The third kappa shape index (κ3) is 3.67.